The van der Waals surface area contributed by atoms with Gasteiger partial charge in [-0.25, -0.2) is 14.6 Å². The van der Waals surface area contributed by atoms with Crippen LogP contribution in [0.5, 0.6) is 0 Å². The molecule has 0 amide bonds. The first kappa shape index (κ1) is 18.1. The molecule has 7 nitrogen and oxygen atoms in total. The lowest BCUT2D eigenvalue weighted by Gasteiger charge is -2.35. The average molecular weight is 368 g/mol. The summed E-state index contributed by atoms with van der Waals surface area (Å²) in [5, 5.41) is 8.06. The summed E-state index contributed by atoms with van der Waals surface area (Å²) in [6.45, 7) is 5.44. The van der Waals surface area contributed by atoms with Crippen molar-refractivity contribution in [1.29, 1.82) is 0 Å². The second-order valence-corrected chi connectivity index (χ2v) is 7.64. The molecule has 0 bridgehead atoms. The highest BCUT2D eigenvalue weighted by atomic mass is 16.1. The van der Waals surface area contributed by atoms with Crippen molar-refractivity contribution in [2.75, 3.05) is 25.0 Å². The maximum atomic E-state index is 12.3. The standard InChI is InChI=1S/C20H28N6O/c1-15-11-19(23-14-22-15)21-13-17-6-2-3-8-25(17)9-10-26-20(27)12-16-5-4-7-18(16)24-26/h11-12,14,17H,2-10,13H2,1H3,(H,21,22,23). The molecule has 0 aromatic carbocycles. The minimum Gasteiger partial charge on any atom is -0.368 e. The van der Waals surface area contributed by atoms with Crippen LogP contribution >= 0.6 is 0 Å². The van der Waals surface area contributed by atoms with Crippen molar-refractivity contribution in [1.82, 2.24) is 24.6 Å². The Bertz CT molecular complexity index is 849. The van der Waals surface area contributed by atoms with E-state index in [1.54, 1.807) is 17.1 Å². The second-order valence-electron chi connectivity index (χ2n) is 7.64. The van der Waals surface area contributed by atoms with E-state index in [0.717, 1.165) is 61.7 Å². The Labute approximate surface area is 159 Å². The van der Waals surface area contributed by atoms with Gasteiger partial charge in [-0.2, -0.15) is 5.10 Å². The van der Waals surface area contributed by atoms with Crippen LogP contribution < -0.4 is 10.9 Å². The molecule has 1 atom stereocenters. The van der Waals surface area contributed by atoms with E-state index in [0.29, 0.717) is 12.6 Å². The highest BCUT2D eigenvalue weighted by molar-refractivity contribution is 5.34. The van der Waals surface area contributed by atoms with Crippen molar-refractivity contribution in [3.8, 4) is 0 Å². The van der Waals surface area contributed by atoms with Crippen LogP contribution in [0.2, 0.25) is 0 Å². The van der Waals surface area contributed by atoms with E-state index in [-0.39, 0.29) is 5.56 Å². The average Bonchev–Trinajstić information content (AvgIpc) is 3.12. The van der Waals surface area contributed by atoms with Crippen molar-refractivity contribution in [2.45, 2.75) is 58.0 Å². The molecule has 144 valence electrons. The van der Waals surface area contributed by atoms with Crippen molar-refractivity contribution in [2.24, 2.45) is 0 Å². The molecule has 0 radical (unpaired) electrons. The number of piperidine rings is 1. The van der Waals surface area contributed by atoms with Gasteiger partial charge in [-0.15, -0.1) is 0 Å². The number of nitrogens with zero attached hydrogens (tertiary/aromatic N) is 5. The van der Waals surface area contributed by atoms with Crippen LogP contribution in [-0.2, 0) is 19.4 Å². The van der Waals surface area contributed by atoms with E-state index in [9.17, 15) is 4.79 Å². The lowest BCUT2D eigenvalue weighted by molar-refractivity contribution is 0.148. The third-order valence-corrected chi connectivity index (χ3v) is 5.69. The number of likely N-dealkylation sites (tertiary alicyclic amines) is 1. The van der Waals surface area contributed by atoms with E-state index >= 15 is 0 Å². The monoisotopic (exact) mass is 368 g/mol. The van der Waals surface area contributed by atoms with Crippen LogP contribution in [0, 0.1) is 6.92 Å². The third-order valence-electron chi connectivity index (χ3n) is 5.69. The molecule has 0 spiro atoms. The van der Waals surface area contributed by atoms with E-state index in [1.807, 2.05) is 13.0 Å². The number of rotatable bonds is 6. The van der Waals surface area contributed by atoms with Crippen LogP contribution in [0.4, 0.5) is 5.82 Å². The number of aryl methyl sites for hydroxylation is 3. The summed E-state index contributed by atoms with van der Waals surface area (Å²) in [5.74, 6) is 0.879. The van der Waals surface area contributed by atoms with Gasteiger partial charge in [0.05, 0.1) is 12.2 Å². The van der Waals surface area contributed by atoms with Crippen molar-refractivity contribution in [3.63, 3.8) is 0 Å². The summed E-state index contributed by atoms with van der Waals surface area (Å²) in [6, 6.07) is 4.22. The van der Waals surface area contributed by atoms with Crippen LogP contribution in [0.25, 0.3) is 0 Å². The summed E-state index contributed by atoms with van der Waals surface area (Å²) in [4.78, 5) is 23.3. The second kappa shape index (κ2) is 8.17. The molecule has 1 unspecified atom stereocenters. The predicted octanol–water partition coefficient (Wildman–Crippen LogP) is 1.80. The fourth-order valence-electron chi connectivity index (χ4n) is 4.18. The highest BCUT2D eigenvalue weighted by Gasteiger charge is 2.23. The number of fused-ring (bicyclic) bond motifs is 1. The molecule has 27 heavy (non-hydrogen) atoms. The molecule has 1 saturated heterocycles. The minimum absolute atomic E-state index is 0.0406. The molecule has 2 aromatic heterocycles. The first-order chi connectivity index (χ1) is 13.2. The first-order valence-electron chi connectivity index (χ1n) is 10.1. The molecule has 4 rings (SSSR count). The summed E-state index contributed by atoms with van der Waals surface area (Å²) < 4.78 is 1.66. The fourth-order valence-corrected chi connectivity index (χ4v) is 4.18. The summed E-state index contributed by atoms with van der Waals surface area (Å²) >= 11 is 0. The molecule has 3 heterocycles. The van der Waals surface area contributed by atoms with Crippen LogP contribution in [0.3, 0.4) is 0 Å². The molecular formula is C20H28N6O. The zero-order valence-electron chi connectivity index (χ0n) is 16.0. The molecule has 7 heteroatoms. The molecule has 2 aromatic rings. The van der Waals surface area contributed by atoms with Gasteiger partial charge in [0, 0.05) is 37.0 Å². The Kier molecular flexibility index (Phi) is 5.48. The summed E-state index contributed by atoms with van der Waals surface area (Å²) in [7, 11) is 0. The van der Waals surface area contributed by atoms with Gasteiger partial charge in [-0.05, 0) is 51.1 Å². The molecule has 1 fully saturated rings. The van der Waals surface area contributed by atoms with E-state index in [4.69, 9.17) is 0 Å². The number of hydrogen-bond acceptors (Lipinski definition) is 6. The number of anilines is 1. The van der Waals surface area contributed by atoms with Crippen LogP contribution in [-0.4, -0.2) is 50.3 Å². The Morgan fingerprint density at radius 1 is 1.15 bits per heavy atom. The highest BCUT2D eigenvalue weighted by Crippen LogP contribution is 2.19. The van der Waals surface area contributed by atoms with Gasteiger partial charge in [-0.1, -0.05) is 6.42 Å². The van der Waals surface area contributed by atoms with Crippen molar-refractivity contribution >= 4 is 5.82 Å². The number of hydrogen-bond donors (Lipinski definition) is 1. The fraction of sp³-hybridized carbons (Fsp3) is 0.600. The summed E-state index contributed by atoms with van der Waals surface area (Å²) in [6.07, 6.45) is 8.36. The maximum absolute atomic E-state index is 12.3. The molecule has 0 saturated carbocycles. The maximum Gasteiger partial charge on any atom is 0.267 e. The summed E-state index contributed by atoms with van der Waals surface area (Å²) in [5.41, 5.74) is 3.27. The number of nitrogens with one attached hydrogen (secondary N) is 1. The largest absolute Gasteiger partial charge is 0.368 e. The van der Waals surface area contributed by atoms with E-state index in [2.05, 4.69) is 25.3 Å². The zero-order valence-corrected chi connectivity index (χ0v) is 16.0. The normalized spacial score (nSPS) is 19.8. The van der Waals surface area contributed by atoms with Gasteiger partial charge in [0.25, 0.3) is 5.56 Å². The smallest absolute Gasteiger partial charge is 0.267 e. The Morgan fingerprint density at radius 2 is 2.07 bits per heavy atom. The third kappa shape index (κ3) is 4.35. The van der Waals surface area contributed by atoms with Crippen LogP contribution in [0.1, 0.15) is 42.6 Å². The quantitative estimate of drug-likeness (QED) is 0.838. The first-order valence-corrected chi connectivity index (χ1v) is 10.1. The molecule has 1 aliphatic heterocycles. The zero-order chi connectivity index (χ0) is 18.6. The number of aromatic nitrogens is 4. The van der Waals surface area contributed by atoms with Gasteiger partial charge in [0.1, 0.15) is 12.1 Å². The van der Waals surface area contributed by atoms with Crippen molar-refractivity contribution in [3.05, 3.63) is 45.8 Å². The predicted molar refractivity (Wildman–Crippen MR) is 105 cm³/mol. The van der Waals surface area contributed by atoms with Crippen LogP contribution in [0.15, 0.2) is 23.3 Å². The molecule has 1 aliphatic carbocycles. The SMILES string of the molecule is Cc1cc(NCC2CCCCN2CCn2nc3c(cc2=O)CCC3)ncn1. The molecular weight excluding hydrogens is 340 g/mol. The van der Waals surface area contributed by atoms with Gasteiger partial charge in [0.15, 0.2) is 0 Å². The Hall–Kier alpha value is -2.28. The van der Waals surface area contributed by atoms with E-state index < -0.39 is 0 Å². The minimum atomic E-state index is 0.0406. The molecule has 2 aliphatic rings. The Morgan fingerprint density at radius 3 is 2.96 bits per heavy atom. The van der Waals surface area contributed by atoms with Gasteiger partial charge in [-0.3, -0.25) is 9.69 Å². The topological polar surface area (TPSA) is 75.9 Å². The lowest BCUT2D eigenvalue weighted by atomic mass is 10.0. The Balaban J connectivity index is 1.37. The lowest BCUT2D eigenvalue weighted by Crippen LogP contribution is -2.45. The van der Waals surface area contributed by atoms with E-state index in [1.165, 1.54) is 19.3 Å². The van der Waals surface area contributed by atoms with Crippen molar-refractivity contribution < 1.29 is 0 Å². The van der Waals surface area contributed by atoms with Gasteiger partial charge >= 0.3 is 0 Å². The van der Waals surface area contributed by atoms with Gasteiger partial charge in [0.2, 0.25) is 0 Å². The molecule has 1 N–H and O–H groups in total. The van der Waals surface area contributed by atoms with Gasteiger partial charge < -0.3 is 5.32 Å².